The molecule has 1 amide bonds. The molecule has 1 fully saturated rings. The van der Waals surface area contributed by atoms with Gasteiger partial charge in [0, 0.05) is 36.4 Å². The Morgan fingerprint density at radius 1 is 1.28 bits per heavy atom. The van der Waals surface area contributed by atoms with Gasteiger partial charge in [-0.05, 0) is 30.7 Å². The molecule has 0 saturated carbocycles. The second-order valence-electron chi connectivity index (χ2n) is 7.19. The third kappa shape index (κ3) is 4.38. The molecule has 1 atom stereocenters. The van der Waals surface area contributed by atoms with E-state index >= 15 is 0 Å². The van der Waals surface area contributed by atoms with Crippen LogP contribution < -0.4 is 21.3 Å². The number of rotatable bonds is 5. The molecule has 4 N–H and O–H groups in total. The lowest BCUT2D eigenvalue weighted by Gasteiger charge is -2.20. The molecular weight excluding hydrogens is 425 g/mol. The summed E-state index contributed by atoms with van der Waals surface area (Å²) in [6, 6.07) is 5.21. The minimum absolute atomic E-state index is 0.0393. The van der Waals surface area contributed by atoms with Gasteiger partial charge in [0.2, 0.25) is 11.9 Å². The normalized spacial score (nSPS) is 16.2. The Bertz CT molecular complexity index is 1180. The minimum atomic E-state index is -4.60. The number of benzene rings is 1. The van der Waals surface area contributed by atoms with Crippen molar-refractivity contribution in [2.75, 3.05) is 34.4 Å². The molecule has 3 aromatic rings. The topological polar surface area (TPSA) is 122 Å². The maximum atomic E-state index is 12.8. The quantitative estimate of drug-likeness (QED) is 0.514. The zero-order valence-electron chi connectivity index (χ0n) is 16.7. The van der Waals surface area contributed by atoms with Crippen molar-refractivity contribution in [1.29, 1.82) is 0 Å². The summed E-state index contributed by atoms with van der Waals surface area (Å²) in [4.78, 5) is 29.7. The number of nitrogens with zero attached hydrogens (tertiary/aromatic N) is 5. The van der Waals surface area contributed by atoms with Crippen molar-refractivity contribution in [3.63, 3.8) is 0 Å². The molecule has 0 bridgehead atoms. The van der Waals surface area contributed by atoms with E-state index < -0.39 is 17.6 Å². The van der Waals surface area contributed by atoms with Crippen molar-refractivity contribution in [2.45, 2.75) is 18.6 Å². The predicted octanol–water partition coefficient (Wildman–Crippen LogP) is 2.84. The molecule has 4 rings (SSSR count). The zero-order valence-corrected chi connectivity index (χ0v) is 16.7. The summed E-state index contributed by atoms with van der Waals surface area (Å²) in [7, 11) is 0. The van der Waals surface area contributed by atoms with E-state index in [0.29, 0.717) is 42.7 Å². The molecule has 1 aliphatic rings. The fraction of sp³-hybridized carbons (Fsp3) is 0.250. The first-order valence-electron chi connectivity index (χ1n) is 9.64. The van der Waals surface area contributed by atoms with Crippen LogP contribution in [0.5, 0.6) is 0 Å². The van der Waals surface area contributed by atoms with E-state index in [1.165, 1.54) is 12.4 Å². The highest BCUT2D eigenvalue weighted by Gasteiger charge is 2.34. The molecule has 32 heavy (non-hydrogen) atoms. The molecule has 0 unspecified atom stereocenters. The number of halogens is 3. The molecule has 12 heteroatoms. The Hall–Kier alpha value is -3.96. The number of hydrogen-bond acceptors (Lipinski definition) is 8. The maximum absolute atomic E-state index is 12.8. The number of fused-ring (bicyclic) bond motifs is 1. The molecule has 3 heterocycles. The zero-order chi connectivity index (χ0) is 22.9. The number of carbonyl (C=O) groups excluding carboxylic acids is 1. The van der Waals surface area contributed by atoms with Crippen molar-refractivity contribution in [2.24, 2.45) is 0 Å². The van der Waals surface area contributed by atoms with Gasteiger partial charge in [0.25, 0.3) is 0 Å². The van der Waals surface area contributed by atoms with E-state index in [4.69, 9.17) is 5.73 Å². The monoisotopic (exact) mass is 444 g/mol. The Morgan fingerprint density at radius 2 is 2.09 bits per heavy atom. The number of nitrogen functional groups attached to an aromatic ring is 1. The fourth-order valence-electron chi connectivity index (χ4n) is 3.50. The first-order valence-corrected chi connectivity index (χ1v) is 9.64. The average Bonchev–Trinajstić information content (AvgIpc) is 3.20. The molecule has 0 spiro atoms. The van der Waals surface area contributed by atoms with Gasteiger partial charge in [0.1, 0.15) is 23.5 Å². The molecule has 9 nitrogen and oxygen atoms in total. The largest absolute Gasteiger partial charge is 0.421 e. The van der Waals surface area contributed by atoms with Crippen LogP contribution in [-0.4, -0.2) is 45.0 Å². The molecule has 1 aromatic carbocycles. The van der Waals surface area contributed by atoms with Crippen LogP contribution in [-0.2, 0) is 11.0 Å². The standard InChI is InChI=1S/C20H19F3N8O/c1-2-16(32)28-11-3-4-13-15(7-11)26-10-27-18(13)31-6-5-12(9-31)29-19-25-8-14(17(24)30-19)20(21,22)23/h2-4,7-8,10,12H,1,5-6,9H2,(H,28,32)(H3,24,25,29,30)/t12-/m1/s1. The fourth-order valence-corrected chi connectivity index (χ4v) is 3.50. The van der Waals surface area contributed by atoms with E-state index in [2.05, 4.69) is 37.1 Å². The molecule has 1 aliphatic heterocycles. The molecule has 2 aromatic heterocycles. The van der Waals surface area contributed by atoms with Gasteiger partial charge in [0.05, 0.1) is 5.52 Å². The molecule has 166 valence electrons. The van der Waals surface area contributed by atoms with Crippen LogP contribution in [0.15, 0.2) is 43.4 Å². The smallest absolute Gasteiger partial charge is 0.383 e. The van der Waals surface area contributed by atoms with Gasteiger partial charge in [0.15, 0.2) is 0 Å². The average molecular weight is 444 g/mol. The van der Waals surface area contributed by atoms with E-state index in [0.717, 1.165) is 5.39 Å². The number of carbonyl (C=O) groups is 1. The molecule has 0 radical (unpaired) electrons. The van der Waals surface area contributed by atoms with E-state index in [1.54, 1.807) is 12.1 Å². The predicted molar refractivity (Wildman–Crippen MR) is 114 cm³/mol. The third-order valence-electron chi connectivity index (χ3n) is 5.01. The lowest BCUT2D eigenvalue weighted by atomic mass is 10.2. The van der Waals surface area contributed by atoms with Gasteiger partial charge < -0.3 is 21.3 Å². The van der Waals surface area contributed by atoms with Crippen LogP contribution in [0.2, 0.25) is 0 Å². The summed E-state index contributed by atoms with van der Waals surface area (Å²) in [5.74, 6) is -0.185. The van der Waals surface area contributed by atoms with Crippen LogP contribution in [0.3, 0.4) is 0 Å². The summed E-state index contributed by atoms with van der Waals surface area (Å²) in [5.41, 5.74) is 5.63. The van der Waals surface area contributed by atoms with E-state index in [9.17, 15) is 18.0 Å². The van der Waals surface area contributed by atoms with E-state index in [-0.39, 0.29) is 17.9 Å². The summed E-state index contributed by atoms with van der Waals surface area (Å²) < 4.78 is 38.5. The van der Waals surface area contributed by atoms with Crippen LogP contribution in [0.1, 0.15) is 12.0 Å². The van der Waals surface area contributed by atoms with Gasteiger partial charge in [-0.15, -0.1) is 0 Å². The van der Waals surface area contributed by atoms with Gasteiger partial charge in [-0.2, -0.15) is 18.2 Å². The summed E-state index contributed by atoms with van der Waals surface area (Å²) in [6.07, 6.45) is -0.603. The molecule has 1 saturated heterocycles. The molecule has 0 aliphatic carbocycles. The van der Waals surface area contributed by atoms with Crippen LogP contribution in [0.25, 0.3) is 10.9 Å². The summed E-state index contributed by atoms with van der Waals surface area (Å²) in [6.45, 7) is 4.62. The minimum Gasteiger partial charge on any atom is -0.383 e. The summed E-state index contributed by atoms with van der Waals surface area (Å²) in [5, 5.41) is 6.53. The third-order valence-corrected chi connectivity index (χ3v) is 5.01. The van der Waals surface area contributed by atoms with Gasteiger partial charge in [-0.25, -0.2) is 15.0 Å². The Balaban J connectivity index is 1.49. The first kappa shape index (κ1) is 21.3. The Morgan fingerprint density at radius 3 is 2.81 bits per heavy atom. The highest BCUT2D eigenvalue weighted by molar-refractivity contribution is 6.01. The number of aromatic nitrogens is 4. The van der Waals surface area contributed by atoms with Crippen molar-refractivity contribution < 1.29 is 18.0 Å². The van der Waals surface area contributed by atoms with Gasteiger partial charge in [-0.3, -0.25) is 4.79 Å². The van der Waals surface area contributed by atoms with Crippen molar-refractivity contribution in [3.05, 3.63) is 48.9 Å². The number of nitrogens with one attached hydrogen (secondary N) is 2. The van der Waals surface area contributed by atoms with Crippen LogP contribution in [0.4, 0.5) is 36.4 Å². The lowest BCUT2D eigenvalue weighted by molar-refractivity contribution is -0.137. The highest BCUT2D eigenvalue weighted by Crippen LogP contribution is 2.33. The van der Waals surface area contributed by atoms with Gasteiger partial charge in [-0.1, -0.05) is 6.58 Å². The number of hydrogen-bond donors (Lipinski definition) is 3. The van der Waals surface area contributed by atoms with Crippen molar-refractivity contribution in [1.82, 2.24) is 19.9 Å². The lowest BCUT2D eigenvalue weighted by Crippen LogP contribution is -2.27. The Kier molecular flexibility index (Phi) is 5.51. The Labute approximate surface area is 180 Å². The van der Waals surface area contributed by atoms with Crippen molar-refractivity contribution >= 4 is 40.1 Å². The maximum Gasteiger partial charge on any atom is 0.421 e. The van der Waals surface area contributed by atoms with E-state index in [1.807, 2.05) is 11.0 Å². The van der Waals surface area contributed by atoms with Crippen LogP contribution >= 0.6 is 0 Å². The number of amides is 1. The molecular formula is C20H19F3N8O. The summed E-state index contributed by atoms with van der Waals surface area (Å²) >= 11 is 0. The number of alkyl halides is 3. The first-order chi connectivity index (χ1) is 15.2. The second kappa shape index (κ2) is 8.29. The SMILES string of the molecule is C=CC(=O)Nc1ccc2c(N3CC[C@@H](Nc4ncc(C(F)(F)F)c(N)n4)C3)ncnc2c1. The number of nitrogens with two attached hydrogens (primary N) is 1. The van der Waals surface area contributed by atoms with Crippen LogP contribution in [0, 0.1) is 0 Å². The highest BCUT2D eigenvalue weighted by atomic mass is 19.4. The second-order valence-corrected chi connectivity index (χ2v) is 7.19. The number of anilines is 4. The van der Waals surface area contributed by atoms with Gasteiger partial charge >= 0.3 is 6.18 Å². The van der Waals surface area contributed by atoms with Crippen molar-refractivity contribution in [3.8, 4) is 0 Å².